The maximum absolute atomic E-state index is 13.2. The highest BCUT2D eigenvalue weighted by atomic mass is 35.5. The number of nitrogens with zero attached hydrogens (tertiary/aromatic N) is 1. The first-order valence-corrected chi connectivity index (χ1v) is 12.3. The molecule has 1 N–H and O–H groups in total. The van der Waals surface area contributed by atoms with E-state index in [1.54, 1.807) is 23.1 Å². The third-order valence-electron chi connectivity index (χ3n) is 5.28. The molecule has 2 aromatic carbocycles. The molecule has 0 saturated carbocycles. The Morgan fingerprint density at radius 3 is 2.56 bits per heavy atom. The monoisotopic (exact) mass is 480 g/mol. The number of benzene rings is 2. The molecule has 0 fully saturated rings. The van der Waals surface area contributed by atoms with Gasteiger partial charge in [-0.2, -0.15) is 0 Å². The maximum Gasteiger partial charge on any atom is 0.261 e. The molecule has 0 spiro atoms. The zero-order valence-corrected chi connectivity index (χ0v) is 20.5. The first kappa shape index (κ1) is 24.2. The number of anilines is 2. The zero-order chi connectivity index (χ0) is 23.7. The van der Waals surface area contributed by atoms with E-state index in [1.165, 1.54) is 25.3 Å². The van der Waals surface area contributed by atoms with Crippen LogP contribution in [0.2, 0.25) is 5.02 Å². The molecule has 3 rings (SSSR count). The van der Waals surface area contributed by atoms with Crippen molar-refractivity contribution < 1.29 is 22.7 Å². The molecule has 0 aliphatic carbocycles. The topological polar surface area (TPSA) is 84.9 Å². The molecule has 32 heavy (non-hydrogen) atoms. The number of hydrogen-bond donors (Lipinski definition) is 1. The van der Waals surface area contributed by atoms with Crippen molar-refractivity contribution >= 4 is 38.9 Å². The first-order valence-electron chi connectivity index (χ1n) is 10.4. The lowest BCUT2D eigenvalue weighted by molar-refractivity contribution is -0.127. The summed E-state index contributed by atoms with van der Waals surface area (Å²) in [4.78, 5) is 14.9. The Hall–Kier alpha value is -2.45. The van der Waals surface area contributed by atoms with Gasteiger partial charge in [-0.05, 0) is 62.6 Å². The van der Waals surface area contributed by atoms with Gasteiger partial charge in [-0.3, -0.25) is 9.52 Å². The normalized spacial score (nSPS) is 15.7. The highest BCUT2D eigenvalue weighted by molar-refractivity contribution is 7.92. The van der Waals surface area contributed by atoms with Crippen molar-refractivity contribution in [2.45, 2.75) is 39.0 Å². The molecule has 0 aromatic heterocycles. The number of rotatable bonds is 7. The minimum Gasteiger partial charge on any atom is -0.495 e. The molecule has 1 amide bonds. The number of hydrogen-bond acceptors (Lipinski definition) is 5. The van der Waals surface area contributed by atoms with Crippen LogP contribution >= 0.6 is 11.6 Å². The number of methoxy groups -OCH3 is 1. The average molecular weight is 481 g/mol. The molecule has 7 nitrogen and oxygen atoms in total. The van der Waals surface area contributed by atoms with Gasteiger partial charge in [-0.15, -0.1) is 0 Å². The van der Waals surface area contributed by atoms with Gasteiger partial charge in [0.25, 0.3) is 10.0 Å². The van der Waals surface area contributed by atoms with E-state index in [0.717, 1.165) is 6.42 Å². The van der Waals surface area contributed by atoms with Crippen LogP contribution in [-0.4, -0.2) is 34.6 Å². The van der Waals surface area contributed by atoms with Crippen LogP contribution in [0.1, 0.15) is 34.1 Å². The van der Waals surface area contributed by atoms with E-state index in [1.807, 2.05) is 13.8 Å². The van der Waals surface area contributed by atoms with Crippen LogP contribution in [-0.2, 0) is 14.8 Å². The summed E-state index contributed by atoms with van der Waals surface area (Å²) in [5.41, 5.74) is 0.172. The maximum atomic E-state index is 13.2. The molecule has 2 aromatic rings. The van der Waals surface area contributed by atoms with Crippen LogP contribution in [0, 0.1) is 11.3 Å². The SMILES string of the molecule is COc1ccc(S(=O)(=O)Nc2ccc3c(c2)N(CCC(C)C)C(=O)C(C)(C)CO3)cc1Cl. The molecular weight excluding hydrogens is 452 g/mol. The molecule has 9 heteroatoms. The molecule has 1 aliphatic heterocycles. The number of fused-ring (bicyclic) bond motifs is 1. The standard InChI is InChI=1S/C23H29ClN2O5S/c1-15(2)10-11-26-19-12-16(6-8-21(19)31-14-23(3,4)22(26)27)25-32(28,29)17-7-9-20(30-5)18(24)13-17/h6-9,12-13,15,25H,10-11,14H2,1-5H3. The molecule has 1 aliphatic rings. The van der Waals surface area contributed by atoms with Crippen molar-refractivity contribution in [3.05, 3.63) is 41.4 Å². The Kier molecular flexibility index (Phi) is 6.95. The summed E-state index contributed by atoms with van der Waals surface area (Å²) in [6.45, 7) is 8.64. The molecule has 1 heterocycles. The van der Waals surface area contributed by atoms with Gasteiger partial charge in [0.1, 0.15) is 18.1 Å². The second kappa shape index (κ2) is 9.19. The van der Waals surface area contributed by atoms with Crippen LogP contribution in [0.15, 0.2) is 41.3 Å². The molecule has 0 radical (unpaired) electrons. The van der Waals surface area contributed by atoms with E-state index in [2.05, 4.69) is 18.6 Å². The van der Waals surface area contributed by atoms with Crippen LogP contribution in [0.25, 0.3) is 0 Å². The summed E-state index contributed by atoms with van der Waals surface area (Å²) < 4.78 is 39.4. The average Bonchev–Trinajstić information content (AvgIpc) is 2.81. The van der Waals surface area contributed by atoms with Gasteiger partial charge in [0, 0.05) is 6.54 Å². The van der Waals surface area contributed by atoms with E-state index in [-0.39, 0.29) is 22.4 Å². The Bertz CT molecular complexity index is 1120. The second-order valence-corrected chi connectivity index (χ2v) is 11.0. The van der Waals surface area contributed by atoms with Crippen molar-refractivity contribution in [3.8, 4) is 11.5 Å². The summed E-state index contributed by atoms with van der Waals surface area (Å²) in [6.07, 6.45) is 0.807. The largest absolute Gasteiger partial charge is 0.495 e. The number of amides is 1. The number of halogens is 1. The summed E-state index contributed by atoms with van der Waals surface area (Å²) in [5.74, 6) is 1.27. The summed E-state index contributed by atoms with van der Waals surface area (Å²) in [7, 11) is -2.45. The van der Waals surface area contributed by atoms with Gasteiger partial charge in [-0.25, -0.2) is 8.42 Å². The van der Waals surface area contributed by atoms with E-state index in [9.17, 15) is 13.2 Å². The Labute approximate surface area is 194 Å². The second-order valence-electron chi connectivity index (χ2n) is 8.90. The van der Waals surface area contributed by atoms with E-state index < -0.39 is 15.4 Å². The fraction of sp³-hybridized carbons (Fsp3) is 0.435. The third-order valence-corrected chi connectivity index (χ3v) is 6.95. The van der Waals surface area contributed by atoms with Crippen molar-refractivity contribution in [2.24, 2.45) is 11.3 Å². The Morgan fingerprint density at radius 1 is 1.22 bits per heavy atom. The number of carbonyl (C=O) groups is 1. The summed E-state index contributed by atoms with van der Waals surface area (Å²) >= 11 is 6.10. The van der Waals surface area contributed by atoms with Gasteiger partial charge in [0.05, 0.1) is 33.8 Å². The smallest absolute Gasteiger partial charge is 0.261 e. The minimum absolute atomic E-state index is 0.00312. The van der Waals surface area contributed by atoms with Gasteiger partial charge in [-0.1, -0.05) is 25.4 Å². The summed E-state index contributed by atoms with van der Waals surface area (Å²) in [5, 5.41) is 0.193. The lowest BCUT2D eigenvalue weighted by Gasteiger charge is -2.28. The summed E-state index contributed by atoms with van der Waals surface area (Å²) in [6, 6.07) is 9.18. The number of sulfonamides is 1. The van der Waals surface area contributed by atoms with Gasteiger partial charge in [0.2, 0.25) is 5.91 Å². The minimum atomic E-state index is -3.91. The lowest BCUT2D eigenvalue weighted by Crippen LogP contribution is -2.42. The number of nitrogens with one attached hydrogen (secondary N) is 1. The van der Waals surface area contributed by atoms with Gasteiger partial charge < -0.3 is 14.4 Å². The van der Waals surface area contributed by atoms with Crippen LogP contribution in [0.5, 0.6) is 11.5 Å². The van der Waals surface area contributed by atoms with Crippen molar-refractivity contribution in [1.82, 2.24) is 0 Å². The van der Waals surface area contributed by atoms with Crippen LogP contribution in [0.3, 0.4) is 0 Å². The molecular formula is C23H29ClN2O5S. The predicted molar refractivity (Wildman–Crippen MR) is 126 cm³/mol. The fourth-order valence-corrected chi connectivity index (χ4v) is 4.74. The molecule has 174 valence electrons. The predicted octanol–water partition coefficient (Wildman–Crippen LogP) is 4.95. The Balaban J connectivity index is 1.96. The highest BCUT2D eigenvalue weighted by Gasteiger charge is 2.37. The molecule has 0 unspecified atom stereocenters. The lowest BCUT2D eigenvalue weighted by atomic mass is 9.92. The molecule has 0 bridgehead atoms. The van der Waals surface area contributed by atoms with Gasteiger partial charge in [0.15, 0.2) is 0 Å². The van der Waals surface area contributed by atoms with Crippen molar-refractivity contribution in [1.29, 1.82) is 0 Å². The number of ether oxygens (including phenoxy) is 2. The molecule has 0 saturated heterocycles. The fourth-order valence-electron chi connectivity index (χ4n) is 3.35. The van der Waals surface area contributed by atoms with E-state index in [0.29, 0.717) is 35.3 Å². The quantitative estimate of drug-likeness (QED) is 0.606. The molecule has 0 atom stereocenters. The highest BCUT2D eigenvalue weighted by Crippen LogP contribution is 2.39. The van der Waals surface area contributed by atoms with Crippen LogP contribution < -0.4 is 19.1 Å². The van der Waals surface area contributed by atoms with Gasteiger partial charge >= 0.3 is 0 Å². The van der Waals surface area contributed by atoms with E-state index in [4.69, 9.17) is 21.1 Å². The third kappa shape index (κ3) is 5.13. The Morgan fingerprint density at radius 2 is 1.94 bits per heavy atom. The van der Waals surface area contributed by atoms with Crippen molar-refractivity contribution in [2.75, 3.05) is 29.9 Å². The zero-order valence-electron chi connectivity index (χ0n) is 18.9. The van der Waals surface area contributed by atoms with Crippen LogP contribution in [0.4, 0.5) is 11.4 Å². The first-order chi connectivity index (χ1) is 14.9. The van der Waals surface area contributed by atoms with Crippen molar-refractivity contribution in [3.63, 3.8) is 0 Å². The van der Waals surface area contributed by atoms with E-state index >= 15 is 0 Å². The number of carbonyl (C=O) groups excluding carboxylic acids is 1.